The molecule has 0 heterocycles. The third kappa shape index (κ3) is 7.87. The number of hydrogen-bond acceptors (Lipinski definition) is 4. The minimum Gasteiger partial charge on any atom is -0.451 e. The Kier molecular flexibility index (Phi) is 6.63. The summed E-state index contributed by atoms with van der Waals surface area (Å²) in [7, 11) is -4.94. The number of alkyl halides is 3. The molecule has 1 atom stereocenters. The summed E-state index contributed by atoms with van der Waals surface area (Å²) in [6.45, 7) is 6.10. The first-order chi connectivity index (χ1) is 11.2. The van der Waals surface area contributed by atoms with E-state index >= 15 is 0 Å². The van der Waals surface area contributed by atoms with Crippen molar-refractivity contribution in [3.63, 3.8) is 0 Å². The smallest absolute Gasteiger partial charge is 0.426 e. The third-order valence-electron chi connectivity index (χ3n) is 3.44. The molecule has 0 saturated heterocycles. The van der Waals surface area contributed by atoms with E-state index in [9.17, 15) is 26.4 Å². The molecule has 0 aliphatic carbocycles. The van der Waals surface area contributed by atoms with Crippen LogP contribution in [-0.4, -0.2) is 37.0 Å². The van der Waals surface area contributed by atoms with Crippen LogP contribution in [0.25, 0.3) is 0 Å². The molecule has 0 saturated carbocycles. The van der Waals surface area contributed by atoms with Gasteiger partial charge in [0.15, 0.2) is 0 Å². The second-order valence-electron chi connectivity index (χ2n) is 6.72. The number of aryl methyl sites for hydroxylation is 1. The van der Waals surface area contributed by atoms with Gasteiger partial charge >= 0.3 is 12.1 Å². The lowest BCUT2D eigenvalue weighted by molar-refractivity contribution is -0.215. The van der Waals surface area contributed by atoms with E-state index in [0.29, 0.717) is 0 Å². The van der Waals surface area contributed by atoms with Gasteiger partial charge in [-0.3, -0.25) is 9.35 Å². The van der Waals surface area contributed by atoms with Crippen molar-refractivity contribution in [3.05, 3.63) is 35.4 Å². The van der Waals surface area contributed by atoms with Crippen molar-refractivity contribution < 1.29 is 35.7 Å². The second kappa shape index (κ2) is 7.74. The van der Waals surface area contributed by atoms with Crippen molar-refractivity contribution in [1.82, 2.24) is 0 Å². The summed E-state index contributed by atoms with van der Waals surface area (Å²) in [6, 6.07) is 7.29. The normalized spacial score (nSPS) is 14.2. The van der Waals surface area contributed by atoms with Crippen molar-refractivity contribution in [3.8, 4) is 0 Å². The standard InChI is InChI=1S/C16H21F3O5S/c1-15(2,3)12-7-4-11(5-8-12)6-9-14(20)24-13(16(17,18)19)10-25(21,22)23/h4-5,7-8,13H,6,9-10H2,1-3H3,(H,21,22,23). The Hall–Kier alpha value is -1.61. The molecule has 5 nitrogen and oxygen atoms in total. The van der Waals surface area contributed by atoms with Gasteiger partial charge in [-0.2, -0.15) is 21.6 Å². The van der Waals surface area contributed by atoms with Gasteiger partial charge in [0.05, 0.1) is 0 Å². The summed E-state index contributed by atoms with van der Waals surface area (Å²) in [5.41, 5.74) is 1.76. The Morgan fingerprint density at radius 3 is 2.08 bits per heavy atom. The Labute approximate surface area is 144 Å². The largest absolute Gasteiger partial charge is 0.451 e. The molecule has 1 N–H and O–H groups in total. The average molecular weight is 382 g/mol. The Morgan fingerprint density at radius 2 is 1.68 bits per heavy atom. The lowest BCUT2D eigenvalue weighted by Crippen LogP contribution is -2.39. The summed E-state index contributed by atoms with van der Waals surface area (Å²) in [4.78, 5) is 11.6. The average Bonchev–Trinajstić information content (AvgIpc) is 2.41. The van der Waals surface area contributed by atoms with E-state index in [0.717, 1.165) is 11.1 Å². The van der Waals surface area contributed by atoms with Gasteiger partial charge in [-0.05, 0) is 23.0 Å². The highest BCUT2D eigenvalue weighted by Gasteiger charge is 2.45. The number of carbonyl (C=O) groups is 1. The van der Waals surface area contributed by atoms with E-state index in [1.807, 2.05) is 32.9 Å². The van der Waals surface area contributed by atoms with E-state index in [-0.39, 0.29) is 18.3 Å². The fraction of sp³-hybridized carbons (Fsp3) is 0.562. The minimum absolute atomic E-state index is 0.0484. The summed E-state index contributed by atoms with van der Waals surface area (Å²) in [5, 5.41) is 0. The molecule has 0 spiro atoms. The molecule has 1 aromatic rings. The first kappa shape index (κ1) is 21.4. The molecule has 0 aromatic heterocycles. The van der Waals surface area contributed by atoms with Gasteiger partial charge in [0.1, 0.15) is 5.75 Å². The summed E-state index contributed by atoms with van der Waals surface area (Å²) in [6.07, 6.45) is -8.16. The van der Waals surface area contributed by atoms with Crippen molar-refractivity contribution in [2.75, 3.05) is 5.75 Å². The molecule has 9 heteroatoms. The van der Waals surface area contributed by atoms with Gasteiger partial charge in [0.25, 0.3) is 10.1 Å². The van der Waals surface area contributed by atoms with Crippen LogP contribution >= 0.6 is 0 Å². The number of hydrogen-bond donors (Lipinski definition) is 1. The van der Waals surface area contributed by atoms with Crippen LogP contribution in [0.3, 0.4) is 0 Å². The molecule has 0 radical (unpaired) electrons. The quantitative estimate of drug-likeness (QED) is 0.603. The van der Waals surface area contributed by atoms with Crippen molar-refractivity contribution in [1.29, 1.82) is 0 Å². The van der Waals surface area contributed by atoms with Gasteiger partial charge in [-0.1, -0.05) is 45.0 Å². The highest BCUT2D eigenvalue weighted by Crippen LogP contribution is 2.25. The predicted molar refractivity (Wildman–Crippen MR) is 85.8 cm³/mol. The van der Waals surface area contributed by atoms with E-state index in [1.54, 1.807) is 12.1 Å². The zero-order valence-corrected chi connectivity index (χ0v) is 14.9. The monoisotopic (exact) mass is 382 g/mol. The van der Waals surface area contributed by atoms with Crippen LogP contribution in [0, 0.1) is 0 Å². The van der Waals surface area contributed by atoms with Crippen LogP contribution < -0.4 is 0 Å². The summed E-state index contributed by atoms with van der Waals surface area (Å²) < 4.78 is 72.0. The predicted octanol–water partition coefficient (Wildman–Crippen LogP) is 3.28. The van der Waals surface area contributed by atoms with Crippen LogP contribution in [0.1, 0.15) is 38.3 Å². The van der Waals surface area contributed by atoms with Crippen LogP contribution in [0.5, 0.6) is 0 Å². The maximum atomic E-state index is 12.7. The minimum atomic E-state index is -5.08. The Morgan fingerprint density at radius 1 is 1.16 bits per heavy atom. The van der Waals surface area contributed by atoms with Crippen LogP contribution in [-0.2, 0) is 31.5 Å². The molecule has 1 unspecified atom stereocenters. The highest BCUT2D eigenvalue weighted by atomic mass is 32.2. The molecular weight excluding hydrogens is 361 g/mol. The van der Waals surface area contributed by atoms with E-state index in [2.05, 4.69) is 4.74 Å². The fourth-order valence-corrected chi connectivity index (χ4v) is 2.66. The van der Waals surface area contributed by atoms with Crippen molar-refractivity contribution in [2.24, 2.45) is 0 Å². The number of carbonyl (C=O) groups excluding carboxylic acids is 1. The second-order valence-corrected chi connectivity index (χ2v) is 8.21. The molecule has 0 amide bonds. The van der Waals surface area contributed by atoms with Gasteiger partial charge in [-0.15, -0.1) is 0 Å². The number of halogens is 3. The van der Waals surface area contributed by atoms with Gasteiger partial charge in [0.2, 0.25) is 6.10 Å². The fourth-order valence-electron chi connectivity index (χ4n) is 2.02. The number of ether oxygens (including phenoxy) is 1. The van der Waals surface area contributed by atoms with Crippen LogP contribution in [0.4, 0.5) is 13.2 Å². The lowest BCUT2D eigenvalue weighted by Gasteiger charge is -2.20. The Bertz CT molecular complexity index is 688. The molecule has 0 aliphatic heterocycles. The van der Waals surface area contributed by atoms with E-state index < -0.39 is 34.1 Å². The first-order valence-electron chi connectivity index (χ1n) is 7.49. The van der Waals surface area contributed by atoms with Crippen LogP contribution in [0.15, 0.2) is 24.3 Å². The maximum Gasteiger partial charge on any atom is 0.426 e. The maximum absolute atomic E-state index is 12.7. The Balaban J connectivity index is 2.66. The van der Waals surface area contributed by atoms with E-state index in [4.69, 9.17) is 4.55 Å². The van der Waals surface area contributed by atoms with Crippen molar-refractivity contribution >= 4 is 16.1 Å². The van der Waals surface area contributed by atoms with Gasteiger partial charge < -0.3 is 4.74 Å². The number of benzene rings is 1. The summed E-state index contributed by atoms with van der Waals surface area (Å²) in [5.74, 6) is -2.91. The summed E-state index contributed by atoms with van der Waals surface area (Å²) >= 11 is 0. The molecule has 1 aromatic carbocycles. The van der Waals surface area contributed by atoms with Gasteiger partial charge in [0, 0.05) is 6.42 Å². The number of rotatable bonds is 6. The molecular formula is C16H21F3O5S. The number of esters is 1. The SMILES string of the molecule is CC(C)(C)c1ccc(CCC(=O)OC(CS(=O)(=O)O)C(F)(F)F)cc1. The molecule has 25 heavy (non-hydrogen) atoms. The molecule has 0 bridgehead atoms. The topological polar surface area (TPSA) is 80.7 Å². The zero-order valence-electron chi connectivity index (χ0n) is 14.1. The lowest BCUT2D eigenvalue weighted by atomic mass is 9.86. The molecule has 142 valence electrons. The molecule has 1 rings (SSSR count). The molecule has 0 aliphatic rings. The highest BCUT2D eigenvalue weighted by molar-refractivity contribution is 7.85. The van der Waals surface area contributed by atoms with Gasteiger partial charge in [-0.25, -0.2) is 0 Å². The van der Waals surface area contributed by atoms with Crippen LogP contribution in [0.2, 0.25) is 0 Å². The third-order valence-corrected chi connectivity index (χ3v) is 4.16. The van der Waals surface area contributed by atoms with Crippen molar-refractivity contribution in [2.45, 2.75) is 51.3 Å². The van der Waals surface area contributed by atoms with E-state index in [1.165, 1.54) is 0 Å². The molecule has 0 fully saturated rings. The zero-order chi connectivity index (χ0) is 19.5. The first-order valence-corrected chi connectivity index (χ1v) is 9.10.